The highest BCUT2D eigenvalue weighted by molar-refractivity contribution is 7.88. The van der Waals surface area contributed by atoms with Gasteiger partial charge in [-0.25, -0.2) is 0 Å². The minimum atomic E-state index is -5.91. The SMILES string of the molecule is O=S(=O)(Oc1cc(N(c2ccccc2)c2ccccc2)c2c(c1)oc1ccc(Cl)cc12)C(F)(F)F. The minimum absolute atomic E-state index is 0.129. The number of anilines is 3. The number of para-hydroxylation sites is 2. The molecule has 0 radical (unpaired) electrons. The first kappa shape index (κ1) is 23.1. The summed E-state index contributed by atoms with van der Waals surface area (Å²) in [6.45, 7) is 0. The third-order valence-electron chi connectivity index (χ3n) is 5.24. The number of halogens is 4. The van der Waals surface area contributed by atoms with Gasteiger partial charge in [0.05, 0.1) is 11.1 Å². The molecule has 0 N–H and O–H groups in total. The smallest absolute Gasteiger partial charge is 0.456 e. The van der Waals surface area contributed by atoms with Gasteiger partial charge in [0, 0.05) is 33.9 Å². The first-order chi connectivity index (χ1) is 16.6. The topological polar surface area (TPSA) is 59.8 Å². The van der Waals surface area contributed by atoms with Crippen LogP contribution in [0.4, 0.5) is 30.2 Å². The molecule has 0 atom stereocenters. The van der Waals surface area contributed by atoms with Crippen LogP contribution in [0.2, 0.25) is 5.02 Å². The predicted octanol–water partition coefficient (Wildman–Crippen LogP) is 7.94. The standard InChI is InChI=1S/C25H15ClF3NO4S/c26-16-11-12-22-20(13-16)24-21(14-19(15-23(24)33-22)34-35(31,32)25(27,28)29)30(17-7-3-1-4-8-17)18-9-5-2-6-10-18/h1-15H. The van der Waals surface area contributed by atoms with Crippen LogP contribution in [0.5, 0.6) is 5.75 Å². The van der Waals surface area contributed by atoms with E-state index in [4.69, 9.17) is 16.0 Å². The van der Waals surface area contributed by atoms with Gasteiger partial charge in [0.25, 0.3) is 0 Å². The number of hydrogen-bond acceptors (Lipinski definition) is 5. The zero-order chi connectivity index (χ0) is 24.8. The highest BCUT2D eigenvalue weighted by Gasteiger charge is 2.48. The number of benzene rings is 4. The Morgan fingerprint density at radius 2 is 1.40 bits per heavy atom. The molecule has 5 nitrogen and oxygen atoms in total. The summed E-state index contributed by atoms with van der Waals surface area (Å²) in [7, 11) is -5.91. The summed E-state index contributed by atoms with van der Waals surface area (Å²) in [5, 5.41) is 1.55. The van der Waals surface area contributed by atoms with E-state index >= 15 is 0 Å². The Bertz CT molecular complexity index is 1600. The fourth-order valence-electron chi connectivity index (χ4n) is 3.81. The zero-order valence-electron chi connectivity index (χ0n) is 17.7. The quantitative estimate of drug-likeness (QED) is 0.175. The third-order valence-corrected chi connectivity index (χ3v) is 6.46. The average Bonchev–Trinajstić information content (AvgIpc) is 3.17. The van der Waals surface area contributed by atoms with Crippen molar-refractivity contribution >= 4 is 60.7 Å². The van der Waals surface area contributed by atoms with Crippen molar-refractivity contribution in [3.63, 3.8) is 0 Å². The Morgan fingerprint density at radius 1 is 0.800 bits per heavy atom. The predicted molar refractivity (Wildman–Crippen MR) is 129 cm³/mol. The summed E-state index contributed by atoms with van der Waals surface area (Å²) in [5.74, 6) is -0.549. The lowest BCUT2D eigenvalue weighted by atomic mass is 10.1. The van der Waals surface area contributed by atoms with Crippen LogP contribution in [0.25, 0.3) is 21.9 Å². The molecule has 1 heterocycles. The largest absolute Gasteiger partial charge is 0.534 e. The van der Waals surface area contributed by atoms with Gasteiger partial charge < -0.3 is 13.5 Å². The molecule has 0 bridgehead atoms. The fraction of sp³-hybridized carbons (Fsp3) is 0.0400. The van der Waals surface area contributed by atoms with E-state index in [0.29, 0.717) is 38.4 Å². The maximum Gasteiger partial charge on any atom is 0.534 e. The van der Waals surface area contributed by atoms with E-state index in [0.717, 1.165) is 6.07 Å². The first-order valence-corrected chi connectivity index (χ1v) is 12.0. The minimum Gasteiger partial charge on any atom is -0.456 e. The summed E-state index contributed by atoms with van der Waals surface area (Å²) >= 11 is 6.23. The molecule has 0 aliphatic rings. The lowest BCUT2D eigenvalue weighted by Gasteiger charge is -2.26. The molecule has 35 heavy (non-hydrogen) atoms. The Balaban J connectivity index is 1.85. The van der Waals surface area contributed by atoms with Crippen molar-refractivity contribution in [2.24, 2.45) is 0 Å². The second-order valence-electron chi connectivity index (χ2n) is 7.55. The highest BCUT2D eigenvalue weighted by Crippen LogP contribution is 2.45. The molecule has 0 saturated heterocycles. The van der Waals surface area contributed by atoms with Gasteiger partial charge >= 0.3 is 15.6 Å². The number of hydrogen-bond donors (Lipinski definition) is 0. The van der Waals surface area contributed by atoms with Crippen LogP contribution in [0.3, 0.4) is 0 Å². The average molecular weight is 518 g/mol. The lowest BCUT2D eigenvalue weighted by Crippen LogP contribution is -2.28. The molecule has 5 aromatic rings. The van der Waals surface area contributed by atoms with Gasteiger partial charge in [-0.1, -0.05) is 48.0 Å². The van der Waals surface area contributed by atoms with Crippen LogP contribution in [-0.2, 0) is 10.1 Å². The number of fused-ring (bicyclic) bond motifs is 3. The Kier molecular flexibility index (Phi) is 5.61. The van der Waals surface area contributed by atoms with Crippen molar-refractivity contribution in [1.82, 2.24) is 0 Å². The van der Waals surface area contributed by atoms with E-state index in [1.807, 2.05) is 36.4 Å². The van der Waals surface area contributed by atoms with Gasteiger partial charge in [-0.3, -0.25) is 0 Å². The second kappa shape index (κ2) is 8.51. The van der Waals surface area contributed by atoms with Crippen molar-refractivity contribution in [2.45, 2.75) is 5.51 Å². The van der Waals surface area contributed by atoms with E-state index < -0.39 is 21.4 Å². The Hall–Kier alpha value is -3.69. The van der Waals surface area contributed by atoms with E-state index in [9.17, 15) is 21.6 Å². The van der Waals surface area contributed by atoms with Gasteiger partial charge in [0.15, 0.2) is 0 Å². The monoisotopic (exact) mass is 517 g/mol. The van der Waals surface area contributed by atoms with E-state index in [2.05, 4.69) is 4.18 Å². The fourth-order valence-corrected chi connectivity index (χ4v) is 4.43. The Labute approximate surface area is 203 Å². The molecule has 178 valence electrons. The molecule has 0 aliphatic carbocycles. The normalized spacial score (nSPS) is 12.2. The van der Waals surface area contributed by atoms with E-state index in [1.165, 1.54) is 6.07 Å². The van der Waals surface area contributed by atoms with Gasteiger partial charge in [0.2, 0.25) is 0 Å². The molecule has 0 amide bonds. The number of furan rings is 1. The zero-order valence-corrected chi connectivity index (χ0v) is 19.2. The summed E-state index contributed by atoms with van der Waals surface area (Å²) in [6.07, 6.45) is 0. The van der Waals surface area contributed by atoms with Crippen molar-refractivity contribution in [1.29, 1.82) is 0 Å². The maximum absolute atomic E-state index is 13.1. The molecular formula is C25H15ClF3NO4S. The highest BCUT2D eigenvalue weighted by atomic mass is 35.5. The third kappa shape index (κ3) is 4.28. The molecule has 4 aromatic carbocycles. The molecule has 5 rings (SSSR count). The van der Waals surface area contributed by atoms with Crippen molar-refractivity contribution in [2.75, 3.05) is 4.90 Å². The lowest BCUT2D eigenvalue weighted by molar-refractivity contribution is -0.0500. The van der Waals surface area contributed by atoms with Crippen molar-refractivity contribution < 1.29 is 30.2 Å². The summed E-state index contributed by atoms with van der Waals surface area (Å²) < 4.78 is 73.2. The van der Waals surface area contributed by atoms with Gasteiger partial charge in [0.1, 0.15) is 16.9 Å². The van der Waals surface area contributed by atoms with Crippen LogP contribution in [0.1, 0.15) is 0 Å². The molecule has 10 heteroatoms. The molecule has 1 aromatic heterocycles. The van der Waals surface area contributed by atoms with Crippen LogP contribution < -0.4 is 9.08 Å². The Morgan fingerprint density at radius 3 is 1.97 bits per heavy atom. The summed E-state index contributed by atoms with van der Waals surface area (Å²) in [5.41, 5.74) is -3.36. The molecule has 0 saturated carbocycles. The van der Waals surface area contributed by atoms with E-state index in [1.54, 1.807) is 47.4 Å². The number of rotatable bonds is 5. The molecule has 0 unspecified atom stereocenters. The maximum atomic E-state index is 13.1. The van der Waals surface area contributed by atoms with Gasteiger partial charge in [-0.05, 0) is 42.5 Å². The second-order valence-corrected chi connectivity index (χ2v) is 9.52. The molecule has 0 spiro atoms. The molecule has 0 aliphatic heterocycles. The van der Waals surface area contributed by atoms with Crippen LogP contribution in [-0.4, -0.2) is 13.9 Å². The van der Waals surface area contributed by atoms with Crippen LogP contribution >= 0.6 is 11.6 Å². The molecular weight excluding hydrogens is 503 g/mol. The van der Waals surface area contributed by atoms with Crippen LogP contribution in [0, 0.1) is 0 Å². The number of alkyl halides is 3. The van der Waals surface area contributed by atoms with Gasteiger partial charge in [-0.15, -0.1) is 0 Å². The first-order valence-electron chi connectivity index (χ1n) is 10.2. The van der Waals surface area contributed by atoms with Crippen LogP contribution in [0.15, 0.2) is 95.4 Å². The number of nitrogens with zero attached hydrogens (tertiary/aromatic N) is 1. The summed E-state index contributed by atoms with van der Waals surface area (Å²) in [4.78, 5) is 1.77. The summed E-state index contributed by atoms with van der Waals surface area (Å²) in [6, 6.07) is 25.4. The van der Waals surface area contributed by atoms with E-state index in [-0.39, 0.29) is 5.58 Å². The van der Waals surface area contributed by atoms with Crippen molar-refractivity contribution in [3.05, 3.63) is 96.0 Å². The molecule has 0 fully saturated rings. The van der Waals surface area contributed by atoms with Gasteiger partial charge in [-0.2, -0.15) is 21.6 Å². The van der Waals surface area contributed by atoms with Crippen molar-refractivity contribution in [3.8, 4) is 5.75 Å².